The van der Waals surface area contributed by atoms with Crippen LogP contribution in [0.5, 0.6) is 0 Å². The number of carbonyl (C=O) groups excluding carboxylic acids is 1. The zero-order valence-electron chi connectivity index (χ0n) is 13.9. The van der Waals surface area contributed by atoms with Crippen molar-refractivity contribution >= 4 is 26.7 Å². The minimum absolute atomic E-state index is 0.142. The largest absolute Gasteiger partial charge is 0.290 e. The van der Waals surface area contributed by atoms with Gasteiger partial charge in [-0.15, -0.1) is 0 Å². The van der Waals surface area contributed by atoms with Gasteiger partial charge >= 0.3 is 0 Å². The summed E-state index contributed by atoms with van der Waals surface area (Å²) in [6.07, 6.45) is 1.60. The second-order valence-corrected chi connectivity index (χ2v) is 8.09. The number of hydrogen-bond donors (Lipinski definition) is 1. The summed E-state index contributed by atoms with van der Waals surface area (Å²) in [6.45, 7) is 4.86. The van der Waals surface area contributed by atoms with Crippen molar-refractivity contribution in [1.29, 1.82) is 0 Å². The lowest BCUT2D eigenvalue weighted by Gasteiger charge is -2.27. The SMILES string of the molecule is CC(C)N1CCCC1C(=O)NS(=O)(=O)c1cccc2ccccc12. The predicted octanol–water partition coefficient (Wildman–Crippen LogP) is 2.52. The van der Waals surface area contributed by atoms with Crippen LogP contribution in [0.15, 0.2) is 47.4 Å². The standard InChI is InChI=1S/C18H22N2O3S/c1-13(2)20-12-6-10-16(20)18(21)19-24(22,23)17-11-5-8-14-7-3-4-9-15(14)17/h3-5,7-9,11,13,16H,6,10,12H2,1-2H3,(H,19,21). The average Bonchev–Trinajstić information content (AvgIpc) is 3.04. The number of carbonyl (C=O) groups is 1. The lowest BCUT2D eigenvalue weighted by molar-refractivity contribution is -0.124. The van der Waals surface area contributed by atoms with E-state index in [2.05, 4.69) is 4.72 Å². The molecule has 2 aromatic rings. The van der Waals surface area contributed by atoms with E-state index in [1.165, 1.54) is 6.07 Å². The zero-order chi connectivity index (χ0) is 17.3. The first-order chi connectivity index (χ1) is 11.4. The first-order valence-corrected chi connectivity index (χ1v) is 9.68. The summed E-state index contributed by atoms with van der Waals surface area (Å²) in [7, 11) is -3.90. The maximum Gasteiger partial charge on any atom is 0.264 e. The van der Waals surface area contributed by atoms with Crippen molar-refractivity contribution in [2.75, 3.05) is 6.54 Å². The summed E-state index contributed by atoms with van der Waals surface area (Å²) in [4.78, 5) is 14.7. The minimum atomic E-state index is -3.90. The van der Waals surface area contributed by atoms with E-state index in [4.69, 9.17) is 0 Å². The third-order valence-electron chi connectivity index (χ3n) is 4.53. The van der Waals surface area contributed by atoms with E-state index in [1.54, 1.807) is 18.2 Å². The van der Waals surface area contributed by atoms with Gasteiger partial charge in [-0.25, -0.2) is 13.1 Å². The highest BCUT2D eigenvalue weighted by Gasteiger charge is 2.34. The fourth-order valence-corrected chi connectivity index (χ4v) is 4.62. The predicted molar refractivity (Wildman–Crippen MR) is 94.1 cm³/mol. The molecule has 0 radical (unpaired) electrons. The van der Waals surface area contributed by atoms with Crippen LogP contribution in [0.3, 0.4) is 0 Å². The number of likely N-dealkylation sites (tertiary alicyclic amines) is 1. The van der Waals surface area contributed by atoms with Gasteiger partial charge in [0.2, 0.25) is 0 Å². The third-order valence-corrected chi connectivity index (χ3v) is 5.94. The highest BCUT2D eigenvalue weighted by molar-refractivity contribution is 7.90. The number of benzene rings is 2. The van der Waals surface area contributed by atoms with Gasteiger partial charge in [-0.3, -0.25) is 9.69 Å². The van der Waals surface area contributed by atoms with Crippen molar-refractivity contribution in [3.05, 3.63) is 42.5 Å². The molecule has 5 nitrogen and oxygen atoms in total. The van der Waals surface area contributed by atoms with Gasteiger partial charge in [-0.1, -0.05) is 36.4 Å². The van der Waals surface area contributed by atoms with Gasteiger partial charge in [-0.05, 0) is 44.7 Å². The first kappa shape index (κ1) is 16.9. The molecule has 24 heavy (non-hydrogen) atoms. The van der Waals surface area contributed by atoms with Crippen molar-refractivity contribution in [3.8, 4) is 0 Å². The molecule has 1 fully saturated rings. The number of nitrogens with one attached hydrogen (secondary N) is 1. The summed E-state index contributed by atoms with van der Waals surface area (Å²) >= 11 is 0. The fraction of sp³-hybridized carbons (Fsp3) is 0.389. The van der Waals surface area contributed by atoms with E-state index in [9.17, 15) is 13.2 Å². The van der Waals surface area contributed by atoms with E-state index in [1.807, 2.05) is 36.9 Å². The van der Waals surface area contributed by atoms with Crippen LogP contribution < -0.4 is 4.72 Å². The normalized spacial score (nSPS) is 19.0. The Morgan fingerprint density at radius 1 is 1.17 bits per heavy atom. The molecule has 1 heterocycles. The molecule has 1 saturated heterocycles. The maximum absolute atomic E-state index is 12.7. The van der Waals surface area contributed by atoms with Crippen LogP contribution in [0.4, 0.5) is 0 Å². The van der Waals surface area contributed by atoms with Crippen LogP contribution in [0, 0.1) is 0 Å². The maximum atomic E-state index is 12.7. The quantitative estimate of drug-likeness (QED) is 0.924. The Kier molecular flexibility index (Phi) is 4.60. The molecule has 1 N–H and O–H groups in total. The van der Waals surface area contributed by atoms with Crippen LogP contribution >= 0.6 is 0 Å². The topological polar surface area (TPSA) is 66.5 Å². The monoisotopic (exact) mass is 346 g/mol. The van der Waals surface area contributed by atoms with E-state index < -0.39 is 15.9 Å². The van der Waals surface area contributed by atoms with Gasteiger partial charge < -0.3 is 0 Å². The molecule has 1 unspecified atom stereocenters. The number of hydrogen-bond acceptors (Lipinski definition) is 4. The molecule has 128 valence electrons. The molecule has 3 rings (SSSR count). The number of sulfonamides is 1. The van der Waals surface area contributed by atoms with Crippen LogP contribution in [0.1, 0.15) is 26.7 Å². The molecule has 0 saturated carbocycles. The molecule has 2 aromatic carbocycles. The molecule has 1 aliphatic rings. The highest BCUT2D eigenvalue weighted by Crippen LogP contribution is 2.24. The number of amides is 1. The Morgan fingerprint density at radius 3 is 2.62 bits per heavy atom. The van der Waals surface area contributed by atoms with Crippen LogP contribution in [-0.2, 0) is 14.8 Å². The van der Waals surface area contributed by atoms with Crippen molar-refractivity contribution in [3.63, 3.8) is 0 Å². The molecule has 0 aromatic heterocycles. The molecule has 0 aliphatic carbocycles. The summed E-state index contributed by atoms with van der Waals surface area (Å²) < 4.78 is 27.8. The van der Waals surface area contributed by atoms with Crippen LogP contribution in [0.25, 0.3) is 10.8 Å². The zero-order valence-corrected chi connectivity index (χ0v) is 14.7. The number of nitrogens with zero attached hydrogens (tertiary/aromatic N) is 1. The highest BCUT2D eigenvalue weighted by atomic mass is 32.2. The Bertz CT molecular complexity index is 856. The fourth-order valence-electron chi connectivity index (χ4n) is 3.37. The van der Waals surface area contributed by atoms with Gasteiger partial charge in [0.25, 0.3) is 15.9 Å². The summed E-state index contributed by atoms with van der Waals surface area (Å²) in [5.41, 5.74) is 0. The first-order valence-electron chi connectivity index (χ1n) is 8.20. The molecular weight excluding hydrogens is 324 g/mol. The average molecular weight is 346 g/mol. The van der Waals surface area contributed by atoms with E-state index in [0.717, 1.165) is 18.4 Å². The van der Waals surface area contributed by atoms with Crippen molar-refractivity contribution in [2.24, 2.45) is 0 Å². The van der Waals surface area contributed by atoms with Gasteiger partial charge in [0, 0.05) is 11.4 Å². The lowest BCUT2D eigenvalue weighted by Crippen LogP contribution is -2.47. The minimum Gasteiger partial charge on any atom is -0.290 e. The Labute approximate surface area is 142 Å². The molecule has 0 spiro atoms. The van der Waals surface area contributed by atoms with Gasteiger partial charge in [0.15, 0.2) is 0 Å². The molecule has 1 atom stereocenters. The molecule has 0 bridgehead atoms. The van der Waals surface area contributed by atoms with Crippen molar-refractivity contribution in [2.45, 2.75) is 43.7 Å². The smallest absolute Gasteiger partial charge is 0.264 e. The van der Waals surface area contributed by atoms with E-state index in [-0.39, 0.29) is 17.0 Å². The summed E-state index contributed by atoms with van der Waals surface area (Å²) in [5, 5.41) is 1.45. The van der Waals surface area contributed by atoms with Gasteiger partial charge in [0.1, 0.15) is 0 Å². The summed E-state index contributed by atoms with van der Waals surface area (Å²) in [5.74, 6) is -0.436. The lowest BCUT2D eigenvalue weighted by atomic mass is 10.1. The molecular formula is C18H22N2O3S. The van der Waals surface area contributed by atoms with Crippen molar-refractivity contribution < 1.29 is 13.2 Å². The second kappa shape index (κ2) is 6.53. The van der Waals surface area contributed by atoms with Gasteiger partial charge in [0.05, 0.1) is 10.9 Å². The summed E-state index contributed by atoms with van der Waals surface area (Å²) in [6, 6.07) is 12.2. The number of fused-ring (bicyclic) bond motifs is 1. The second-order valence-electron chi connectivity index (χ2n) is 6.44. The third kappa shape index (κ3) is 3.16. The van der Waals surface area contributed by atoms with Crippen molar-refractivity contribution in [1.82, 2.24) is 9.62 Å². The molecule has 1 amide bonds. The van der Waals surface area contributed by atoms with Gasteiger partial charge in [-0.2, -0.15) is 0 Å². The van der Waals surface area contributed by atoms with Crippen LogP contribution in [-0.4, -0.2) is 37.9 Å². The van der Waals surface area contributed by atoms with E-state index >= 15 is 0 Å². The van der Waals surface area contributed by atoms with E-state index in [0.29, 0.717) is 11.8 Å². The Balaban J connectivity index is 1.89. The number of rotatable bonds is 4. The van der Waals surface area contributed by atoms with Crippen LogP contribution in [0.2, 0.25) is 0 Å². The molecule has 6 heteroatoms. The molecule has 1 aliphatic heterocycles. The Morgan fingerprint density at radius 2 is 1.88 bits per heavy atom. The Hall–Kier alpha value is -1.92.